The van der Waals surface area contributed by atoms with Crippen molar-refractivity contribution in [1.82, 2.24) is 0 Å². The standard InChI is InChI=1S/C27H54NO4P/c1-5-6-7-8-9-10-11-12-13-14-15-16-17-18-19-20-21-22-23-24-25-27(29,33(30,31)32)26-28(2,3)4/h18-19,22-23,29H,5-17,20-21,24-26H2,1-4H3,(H-,30,31,32)/p+1/b19-18-,23-22-. The molecule has 0 heterocycles. The minimum absolute atomic E-state index is 0.0208. The maximum atomic E-state index is 11.8. The van der Waals surface area contributed by atoms with Gasteiger partial charge in [0.1, 0.15) is 6.54 Å². The van der Waals surface area contributed by atoms with Gasteiger partial charge in [0.25, 0.3) is 0 Å². The zero-order valence-electron chi connectivity index (χ0n) is 22.2. The first kappa shape index (κ1) is 32.5. The third-order valence-corrected chi connectivity index (χ3v) is 7.49. The largest absolute Gasteiger partial charge is 0.373 e. The van der Waals surface area contributed by atoms with Crippen LogP contribution in [-0.4, -0.2) is 52.4 Å². The van der Waals surface area contributed by atoms with Gasteiger partial charge in [-0.3, -0.25) is 4.57 Å². The molecule has 6 heteroatoms. The topological polar surface area (TPSA) is 77.8 Å². The number of nitrogens with zero attached hydrogens (tertiary/aromatic N) is 1. The number of hydrogen-bond donors (Lipinski definition) is 3. The first-order valence-electron chi connectivity index (χ1n) is 13.4. The summed E-state index contributed by atoms with van der Waals surface area (Å²) in [5.41, 5.74) is 0. The lowest BCUT2D eigenvalue weighted by Crippen LogP contribution is -2.49. The monoisotopic (exact) mass is 488 g/mol. The quantitative estimate of drug-likeness (QED) is 0.0645. The summed E-state index contributed by atoms with van der Waals surface area (Å²) in [5.74, 6) is 0. The van der Waals surface area contributed by atoms with Gasteiger partial charge in [-0.2, -0.15) is 0 Å². The van der Waals surface area contributed by atoms with Crippen LogP contribution in [0.5, 0.6) is 0 Å². The van der Waals surface area contributed by atoms with E-state index in [1.807, 2.05) is 33.3 Å². The van der Waals surface area contributed by atoms with Crippen LogP contribution in [0.15, 0.2) is 24.3 Å². The van der Waals surface area contributed by atoms with E-state index in [-0.39, 0.29) is 13.0 Å². The average molecular weight is 489 g/mol. The van der Waals surface area contributed by atoms with Gasteiger partial charge in [-0.05, 0) is 38.5 Å². The van der Waals surface area contributed by atoms with Crippen LogP contribution in [-0.2, 0) is 4.57 Å². The number of aliphatic hydroxyl groups is 1. The number of quaternary nitrogens is 1. The molecule has 0 radical (unpaired) electrons. The fourth-order valence-corrected chi connectivity index (χ4v) is 5.19. The molecule has 0 aromatic carbocycles. The summed E-state index contributed by atoms with van der Waals surface area (Å²) in [6.45, 7) is 2.29. The fraction of sp³-hybridized carbons (Fsp3) is 0.852. The molecule has 0 aromatic heterocycles. The van der Waals surface area contributed by atoms with Gasteiger partial charge in [0.05, 0.1) is 21.1 Å². The Morgan fingerprint density at radius 1 is 0.667 bits per heavy atom. The maximum Gasteiger partial charge on any atom is 0.362 e. The van der Waals surface area contributed by atoms with Crippen molar-refractivity contribution >= 4 is 7.60 Å². The van der Waals surface area contributed by atoms with Crippen molar-refractivity contribution in [2.75, 3.05) is 27.7 Å². The molecule has 5 nitrogen and oxygen atoms in total. The van der Waals surface area contributed by atoms with Crippen molar-refractivity contribution in [3.63, 3.8) is 0 Å². The molecule has 0 rings (SSSR count). The normalized spacial score (nSPS) is 15.0. The number of hydrogen-bond acceptors (Lipinski definition) is 2. The molecule has 0 aliphatic heterocycles. The molecule has 0 amide bonds. The van der Waals surface area contributed by atoms with Crippen LogP contribution in [0.3, 0.4) is 0 Å². The Hall–Kier alpha value is -0.450. The van der Waals surface area contributed by atoms with E-state index in [0.29, 0.717) is 10.9 Å². The van der Waals surface area contributed by atoms with Crippen molar-refractivity contribution in [1.29, 1.82) is 0 Å². The minimum atomic E-state index is -4.58. The van der Waals surface area contributed by atoms with Crippen molar-refractivity contribution in [2.24, 2.45) is 0 Å². The number of likely N-dealkylation sites (N-methyl/N-ethyl adjacent to an activating group) is 1. The van der Waals surface area contributed by atoms with Crippen LogP contribution < -0.4 is 0 Å². The summed E-state index contributed by atoms with van der Waals surface area (Å²) < 4.78 is 12.1. The van der Waals surface area contributed by atoms with Gasteiger partial charge in [0.15, 0.2) is 0 Å². The maximum absolute atomic E-state index is 11.8. The van der Waals surface area contributed by atoms with Crippen LogP contribution in [0.25, 0.3) is 0 Å². The molecular weight excluding hydrogens is 433 g/mol. The lowest BCUT2D eigenvalue weighted by atomic mass is 10.0. The lowest BCUT2D eigenvalue weighted by molar-refractivity contribution is -0.875. The number of rotatable bonds is 22. The van der Waals surface area contributed by atoms with Gasteiger partial charge in [-0.25, -0.2) is 0 Å². The van der Waals surface area contributed by atoms with Gasteiger partial charge in [0.2, 0.25) is 5.34 Å². The predicted octanol–water partition coefficient (Wildman–Crippen LogP) is 7.32. The molecule has 33 heavy (non-hydrogen) atoms. The Labute approximate surface area is 205 Å². The van der Waals surface area contributed by atoms with E-state index < -0.39 is 12.9 Å². The second kappa shape index (κ2) is 18.8. The molecule has 0 saturated carbocycles. The molecule has 0 fully saturated rings. The highest BCUT2D eigenvalue weighted by Crippen LogP contribution is 2.52. The molecule has 0 saturated heterocycles. The molecule has 0 spiro atoms. The van der Waals surface area contributed by atoms with E-state index in [0.717, 1.165) is 19.3 Å². The number of unbranched alkanes of at least 4 members (excludes halogenated alkanes) is 13. The molecule has 0 aromatic rings. The second-order valence-electron chi connectivity index (χ2n) is 10.7. The van der Waals surface area contributed by atoms with Gasteiger partial charge < -0.3 is 19.4 Å². The average Bonchev–Trinajstić information content (AvgIpc) is 2.70. The van der Waals surface area contributed by atoms with Crippen molar-refractivity contribution in [3.8, 4) is 0 Å². The van der Waals surface area contributed by atoms with Gasteiger partial charge in [-0.1, -0.05) is 102 Å². The van der Waals surface area contributed by atoms with Gasteiger partial charge in [-0.15, -0.1) is 0 Å². The van der Waals surface area contributed by atoms with E-state index in [1.54, 1.807) is 0 Å². The molecular formula is C27H55NO4P+. The van der Waals surface area contributed by atoms with E-state index in [1.165, 1.54) is 77.0 Å². The van der Waals surface area contributed by atoms with Gasteiger partial charge >= 0.3 is 7.60 Å². The zero-order valence-corrected chi connectivity index (χ0v) is 23.1. The summed E-state index contributed by atoms with van der Waals surface area (Å²) in [6, 6.07) is 0. The second-order valence-corrected chi connectivity index (χ2v) is 12.6. The Kier molecular flexibility index (Phi) is 18.6. The molecule has 1 atom stereocenters. The van der Waals surface area contributed by atoms with Crippen LogP contribution >= 0.6 is 7.60 Å². The third-order valence-electron chi connectivity index (χ3n) is 6.04. The highest BCUT2D eigenvalue weighted by molar-refractivity contribution is 7.53. The zero-order chi connectivity index (χ0) is 25.1. The Balaban J connectivity index is 3.69. The Morgan fingerprint density at radius 3 is 1.48 bits per heavy atom. The summed E-state index contributed by atoms with van der Waals surface area (Å²) >= 11 is 0. The molecule has 0 aliphatic carbocycles. The number of allylic oxidation sites excluding steroid dienone is 4. The SMILES string of the molecule is CCCCCCCCCCCCCC/C=C\CC/C=C\CCC(O)(C[N+](C)(C)C)P(=O)(O)O. The third kappa shape index (κ3) is 19.5. The summed E-state index contributed by atoms with van der Waals surface area (Å²) in [7, 11) is 0.874. The van der Waals surface area contributed by atoms with Crippen LogP contribution in [0.2, 0.25) is 0 Å². The minimum Gasteiger partial charge on any atom is -0.373 e. The smallest absolute Gasteiger partial charge is 0.362 e. The van der Waals surface area contributed by atoms with E-state index >= 15 is 0 Å². The molecule has 0 bridgehead atoms. The first-order valence-corrected chi connectivity index (χ1v) is 15.0. The van der Waals surface area contributed by atoms with E-state index in [9.17, 15) is 19.5 Å². The van der Waals surface area contributed by atoms with E-state index in [4.69, 9.17) is 0 Å². The predicted molar refractivity (Wildman–Crippen MR) is 142 cm³/mol. The highest BCUT2D eigenvalue weighted by atomic mass is 31.2. The summed E-state index contributed by atoms with van der Waals surface area (Å²) in [4.78, 5) is 19.2. The highest BCUT2D eigenvalue weighted by Gasteiger charge is 2.48. The molecule has 196 valence electrons. The summed E-state index contributed by atoms with van der Waals surface area (Å²) in [5, 5.41) is 8.54. The van der Waals surface area contributed by atoms with E-state index in [2.05, 4.69) is 19.1 Å². The Morgan fingerprint density at radius 2 is 1.06 bits per heavy atom. The van der Waals surface area contributed by atoms with Crippen molar-refractivity contribution in [3.05, 3.63) is 24.3 Å². The van der Waals surface area contributed by atoms with Gasteiger partial charge in [0, 0.05) is 0 Å². The first-order chi connectivity index (χ1) is 15.5. The fourth-order valence-electron chi connectivity index (χ4n) is 4.16. The van der Waals surface area contributed by atoms with Crippen LogP contribution in [0.1, 0.15) is 116 Å². The molecule has 1 unspecified atom stereocenters. The lowest BCUT2D eigenvalue weighted by Gasteiger charge is -2.35. The molecule has 0 aliphatic rings. The molecule has 3 N–H and O–H groups in total. The van der Waals surface area contributed by atoms with Crippen molar-refractivity contribution in [2.45, 2.75) is 121 Å². The Bertz CT molecular complexity index is 565. The van der Waals surface area contributed by atoms with Crippen LogP contribution in [0, 0.1) is 0 Å². The van der Waals surface area contributed by atoms with Crippen molar-refractivity contribution < 1.29 is 23.9 Å². The summed E-state index contributed by atoms with van der Waals surface area (Å²) in [6.07, 6.45) is 28.6. The van der Waals surface area contributed by atoms with Crippen LogP contribution in [0.4, 0.5) is 0 Å².